The lowest BCUT2D eigenvalue weighted by atomic mass is 10.2. The van der Waals surface area contributed by atoms with Gasteiger partial charge in [0.2, 0.25) is 0 Å². The number of thiophene rings is 1. The monoisotopic (exact) mass is 292 g/mol. The molecule has 0 atom stereocenters. The van der Waals surface area contributed by atoms with Gasteiger partial charge in [-0.15, -0.1) is 11.3 Å². The topological polar surface area (TPSA) is 25.8 Å². The van der Waals surface area contributed by atoms with Crippen LogP contribution in [0.2, 0.25) is 5.15 Å². The summed E-state index contributed by atoms with van der Waals surface area (Å²) in [5, 5.41) is 1.33. The third-order valence-corrected chi connectivity index (χ3v) is 4.31. The van der Waals surface area contributed by atoms with Gasteiger partial charge in [-0.3, -0.25) is 0 Å². The van der Waals surface area contributed by atoms with Crippen LogP contribution >= 0.6 is 22.9 Å². The number of nitrogens with zero attached hydrogens (tertiary/aromatic N) is 2. The summed E-state index contributed by atoms with van der Waals surface area (Å²) in [7, 11) is 0. The first-order valence-electron chi connectivity index (χ1n) is 5.89. The normalized spacial score (nSPS) is 11.1. The molecule has 0 amide bonds. The molecule has 1 aromatic carbocycles. The number of fused-ring (bicyclic) bond motifs is 1. The van der Waals surface area contributed by atoms with E-state index in [0.717, 1.165) is 22.2 Å². The number of hydrogen-bond donors (Lipinski definition) is 0. The SMILES string of the molecule is CCc1cc2c(Cl)nc(-c3ccc(F)cc3)nc2s1. The molecular formula is C14H10ClFN2S. The second-order valence-corrected chi connectivity index (χ2v) is 5.60. The van der Waals surface area contributed by atoms with Crippen molar-refractivity contribution in [2.75, 3.05) is 0 Å². The highest BCUT2D eigenvalue weighted by molar-refractivity contribution is 7.18. The zero-order valence-corrected chi connectivity index (χ0v) is 11.7. The second-order valence-electron chi connectivity index (χ2n) is 4.13. The van der Waals surface area contributed by atoms with Crippen molar-refractivity contribution in [3.63, 3.8) is 0 Å². The molecule has 0 aliphatic rings. The molecule has 2 nitrogen and oxygen atoms in total. The molecular weight excluding hydrogens is 283 g/mol. The summed E-state index contributed by atoms with van der Waals surface area (Å²) in [6.45, 7) is 2.09. The predicted molar refractivity (Wildman–Crippen MR) is 77.2 cm³/mol. The van der Waals surface area contributed by atoms with Crippen LogP contribution in [-0.2, 0) is 6.42 Å². The standard InChI is InChI=1S/C14H10ClFN2S/c1-2-10-7-11-12(15)17-13(18-14(11)19-10)8-3-5-9(16)6-4-8/h3-7H,2H2,1H3. The molecule has 0 saturated heterocycles. The highest BCUT2D eigenvalue weighted by Crippen LogP contribution is 2.31. The molecule has 0 saturated carbocycles. The van der Waals surface area contributed by atoms with E-state index in [1.54, 1.807) is 23.5 Å². The third kappa shape index (κ3) is 2.33. The van der Waals surface area contributed by atoms with Crippen molar-refractivity contribution in [2.45, 2.75) is 13.3 Å². The number of halogens is 2. The molecule has 0 bridgehead atoms. The fourth-order valence-electron chi connectivity index (χ4n) is 1.84. The van der Waals surface area contributed by atoms with Gasteiger partial charge in [0.15, 0.2) is 5.82 Å². The molecule has 2 heterocycles. The van der Waals surface area contributed by atoms with Gasteiger partial charge in [0.1, 0.15) is 15.8 Å². The fraction of sp³-hybridized carbons (Fsp3) is 0.143. The Morgan fingerprint density at radius 3 is 2.63 bits per heavy atom. The Hall–Kier alpha value is -1.52. The molecule has 5 heteroatoms. The number of rotatable bonds is 2. The minimum absolute atomic E-state index is 0.277. The van der Waals surface area contributed by atoms with E-state index in [9.17, 15) is 4.39 Å². The summed E-state index contributed by atoms with van der Waals surface area (Å²) >= 11 is 7.81. The lowest BCUT2D eigenvalue weighted by molar-refractivity contribution is 0.628. The van der Waals surface area contributed by atoms with Gasteiger partial charge < -0.3 is 0 Å². The van der Waals surface area contributed by atoms with Gasteiger partial charge >= 0.3 is 0 Å². The maximum Gasteiger partial charge on any atom is 0.162 e. The first-order valence-corrected chi connectivity index (χ1v) is 7.08. The van der Waals surface area contributed by atoms with E-state index in [0.29, 0.717) is 11.0 Å². The Balaban J connectivity index is 2.17. The van der Waals surface area contributed by atoms with Crippen LogP contribution < -0.4 is 0 Å². The van der Waals surface area contributed by atoms with Crippen LogP contribution in [0.3, 0.4) is 0 Å². The van der Waals surface area contributed by atoms with E-state index in [4.69, 9.17) is 11.6 Å². The number of aromatic nitrogens is 2. The first-order chi connectivity index (χ1) is 9.17. The highest BCUT2D eigenvalue weighted by atomic mass is 35.5. The minimum atomic E-state index is -0.277. The maximum absolute atomic E-state index is 12.9. The Morgan fingerprint density at radius 1 is 1.21 bits per heavy atom. The highest BCUT2D eigenvalue weighted by Gasteiger charge is 2.11. The van der Waals surface area contributed by atoms with Crippen LogP contribution in [0.5, 0.6) is 0 Å². The predicted octanol–water partition coefficient (Wildman–Crippen LogP) is 4.71. The summed E-state index contributed by atoms with van der Waals surface area (Å²) in [4.78, 5) is 10.9. The Bertz CT molecular complexity index is 737. The van der Waals surface area contributed by atoms with Crippen LogP contribution in [-0.4, -0.2) is 9.97 Å². The van der Waals surface area contributed by atoms with Gasteiger partial charge in [-0.05, 0) is 36.8 Å². The third-order valence-electron chi connectivity index (χ3n) is 2.85. The lowest BCUT2D eigenvalue weighted by Crippen LogP contribution is -1.89. The van der Waals surface area contributed by atoms with Gasteiger partial charge in [0, 0.05) is 15.8 Å². The van der Waals surface area contributed by atoms with Crippen LogP contribution in [0, 0.1) is 5.82 Å². The maximum atomic E-state index is 12.9. The second kappa shape index (κ2) is 4.87. The molecule has 0 N–H and O–H groups in total. The largest absolute Gasteiger partial charge is 0.217 e. The average Bonchev–Trinajstić information content (AvgIpc) is 2.83. The van der Waals surface area contributed by atoms with Gasteiger partial charge in [-0.25, -0.2) is 14.4 Å². The fourth-order valence-corrected chi connectivity index (χ4v) is 3.09. The molecule has 0 spiro atoms. The molecule has 0 aliphatic heterocycles. The van der Waals surface area contributed by atoms with Crippen molar-refractivity contribution >= 4 is 33.2 Å². The summed E-state index contributed by atoms with van der Waals surface area (Å²) in [6, 6.07) is 8.12. The Morgan fingerprint density at radius 2 is 1.95 bits per heavy atom. The first kappa shape index (κ1) is 12.5. The number of benzene rings is 1. The number of hydrogen-bond acceptors (Lipinski definition) is 3. The van der Waals surface area contributed by atoms with E-state index < -0.39 is 0 Å². The van der Waals surface area contributed by atoms with Gasteiger partial charge in [-0.1, -0.05) is 18.5 Å². The molecule has 3 aromatic rings. The van der Waals surface area contributed by atoms with Gasteiger partial charge in [0.05, 0.1) is 0 Å². The molecule has 19 heavy (non-hydrogen) atoms. The smallest absolute Gasteiger partial charge is 0.162 e. The number of aryl methyl sites for hydroxylation is 1. The van der Waals surface area contributed by atoms with E-state index in [2.05, 4.69) is 16.9 Å². The van der Waals surface area contributed by atoms with Crippen molar-refractivity contribution in [1.82, 2.24) is 9.97 Å². The quantitative estimate of drug-likeness (QED) is 0.639. The van der Waals surface area contributed by atoms with E-state index >= 15 is 0 Å². The molecule has 0 unspecified atom stereocenters. The molecule has 2 aromatic heterocycles. The van der Waals surface area contributed by atoms with Crippen molar-refractivity contribution in [1.29, 1.82) is 0 Å². The van der Waals surface area contributed by atoms with Crippen LogP contribution in [0.15, 0.2) is 30.3 Å². The van der Waals surface area contributed by atoms with Crippen LogP contribution in [0.4, 0.5) is 4.39 Å². The summed E-state index contributed by atoms with van der Waals surface area (Å²) in [6.07, 6.45) is 0.948. The Labute approximate surface area is 118 Å². The van der Waals surface area contributed by atoms with E-state index in [1.807, 2.05) is 6.07 Å². The van der Waals surface area contributed by atoms with Gasteiger partial charge in [0.25, 0.3) is 0 Å². The van der Waals surface area contributed by atoms with E-state index in [-0.39, 0.29) is 5.82 Å². The average molecular weight is 293 g/mol. The Kier molecular flexibility index (Phi) is 3.21. The molecule has 3 rings (SSSR count). The molecule has 0 radical (unpaired) electrons. The van der Waals surface area contributed by atoms with E-state index in [1.165, 1.54) is 17.0 Å². The van der Waals surface area contributed by atoms with Crippen molar-refractivity contribution < 1.29 is 4.39 Å². The lowest BCUT2D eigenvalue weighted by Gasteiger charge is -2.01. The zero-order chi connectivity index (χ0) is 13.4. The van der Waals surface area contributed by atoms with Crippen LogP contribution in [0.25, 0.3) is 21.6 Å². The summed E-state index contributed by atoms with van der Waals surface area (Å²) < 4.78 is 12.9. The molecule has 96 valence electrons. The van der Waals surface area contributed by atoms with Crippen molar-refractivity contribution in [3.8, 4) is 11.4 Å². The molecule has 0 aliphatic carbocycles. The summed E-state index contributed by atoms with van der Waals surface area (Å²) in [5.74, 6) is 0.252. The van der Waals surface area contributed by atoms with Crippen molar-refractivity contribution in [2.24, 2.45) is 0 Å². The molecule has 0 fully saturated rings. The van der Waals surface area contributed by atoms with Crippen LogP contribution in [0.1, 0.15) is 11.8 Å². The minimum Gasteiger partial charge on any atom is -0.217 e. The van der Waals surface area contributed by atoms with Gasteiger partial charge in [-0.2, -0.15) is 0 Å². The van der Waals surface area contributed by atoms with Crippen molar-refractivity contribution in [3.05, 3.63) is 46.2 Å². The zero-order valence-electron chi connectivity index (χ0n) is 10.2. The summed E-state index contributed by atoms with van der Waals surface area (Å²) in [5.41, 5.74) is 0.761.